The molecule has 0 aromatic heterocycles. The number of nitrogens with zero attached hydrogens (tertiary/aromatic N) is 1. The molecule has 0 unspecified atom stereocenters. The van der Waals surface area contributed by atoms with Crippen molar-refractivity contribution < 1.29 is 76.4 Å². The van der Waals surface area contributed by atoms with Crippen molar-refractivity contribution in [2.24, 2.45) is 0 Å². The second kappa shape index (κ2) is 9.36. The van der Waals surface area contributed by atoms with E-state index in [0.717, 1.165) is 12.1 Å². The van der Waals surface area contributed by atoms with E-state index < -0.39 is 52.6 Å². The molecule has 26 heavy (non-hydrogen) atoms. The van der Waals surface area contributed by atoms with Gasteiger partial charge in [-0.2, -0.15) is 0 Å². The molecular weight excluding hydrogens is 389 g/mol. The maximum atomic E-state index is 10.6. The molecular formula is C12H14NNaO11S. The summed E-state index contributed by atoms with van der Waals surface area (Å²) in [6.45, 7) is -0.906. The third-order valence-corrected chi connectivity index (χ3v) is 3.77. The van der Waals surface area contributed by atoms with Gasteiger partial charge in [0.25, 0.3) is 5.69 Å². The molecule has 140 valence electrons. The second-order valence-electron chi connectivity index (χ2n) is 5.08. The zero-order valence-electron chi connectivity index (χ0n) is 13.4. The summed E-state index contributed by atoms with van der Waals surface area (Å²) >= 11 is 0. The van der Waals surface area contributed by atoms with Gasteiger partial charge < -0.3 is 29.3 Å². The van der Waals surface area contributed by atoms with Gasteiger partial charge in [0.1, 0.15) is 30.2 Å². The van der Waals surface area contributed by atoms with Crippen LogP contribution in [0.15, 0.2) is 24.3 Å². The summed E-state index contributed by atoms with van der Waals surface area (Å²) in [6.07, 6.45) is -8.27. The van der Waals surface area contributed by atoms with Gasteiger partial charge >= 0.3 is 29.6 Å². The van der Waals surface area contributed by atoms with Gasteiger partial charge in [0.15, 0.2) is 0 Å². The van der Waals surface area contributed by atoms with Crippen LogP contribution in [0, 0.1) is 10.1 Å². The van der Waals surface area contributed by atoms with Gasteiger partial charge in [-0.05, 0) is 12.1 Å². The molecule has 12 nitrogen and oxygen atoms in total. The number of aliphatic hydroxyl groups is 3. The van der Waals surface area contributed by atoms with E-state index in [9.17, 15) is 38.4 Å². The van der Waals surface area contributed by atoms with E-state index in [4.69, 9.17) is 9.47 Å². The molecule has 14 heteroatoms. The number of rotatable bonds is 6. The third kappa shape index (κ3) is 6.09. The monoisotopic (exact) mass is 403 g/mol. The van der Waals surface area contributed by atoms with Crippen molar-refractivity contribution in [3.8, 4) is 5.75 Å². The summed E-state index contributed by atoms with van der Waals surface area (Å²) in [5.41, 5.74) is -0.208. The summed E-state index contributed by atoms with van der Waals surface area (Å²) in [5, 5.41) is 40.0. The summed E-state index contributed by atoms with van der Waals surface area (Å²) in [6, 6.07) is 4.67. The zero-order valence-corrected chi connectivity index (χ0v) is 16.2. The minimum atomic E-state index is -5.06. The molecule has 3 N–H and O–H groups in total. The van der Waals surface area contributed by atoms with Gasteiger partial charge in [-0.25, -0.2) is 8.42 Å². The van der Waals surface area contributed by atoms with E-state index in [0.29, 0.717) is 0 Å². The van der Waals surface area contributed by atoms with Crippen LogP contribution in [0.5, 0.6) is 5.75 Å². The van der Waals surface area contributed by atoms with Gasteiger partial charge in [-0.1, -0.05) is 0 Å². The summed E-state index contributed by atoms with van der Waals surface area (Å²) in [7, 11) is -5.06. The Kier molecular flexibility index (Phi) is 8.34. The smallest absolute Gasteiger partial charge is 0.726 e. The van der Waals surface area contributed by atoms with Crippen LogP contribution >= 0.6 is 0 Å². The van der Waals surface area contributed by atoms with E-state index in [2.05, 4.69) is 4.18 Å². The maximum Gasteiger partial charge on any atom is 1.00 e. The number of benzene rings is 1. The molecule has 1 heterocycles. The molecule has 5 atom stereocenters. The molecule has 0 radical (unpaired) electrons. The number of non-ortho nitro benzene ring substituents is 1. The van der Waals surface area contributed by atoms with Crippen molar-refractivity contribution in [2.45, 2.75) is 30.7 Å². The predicted octanol–water partition coefficient (Wildman–Crippen LogP) is -4.74. The largest absolute Gasteiger partial charge is 1.00 e. The number of aliphatic hydroxyl groups excluding tert-OH is 3. The molecule has 0 aliphatic carbocycles. The molecule has 1 fully saturated rings. The quantitative estimate of drug-likeness (QED) is 0.136. The fourth-order valence-electron chi connectivity index (χ4n) is 2.08. The first-order valence-electron chi connectivity index (χ1n) is 6.79. The Morgan fingerprint density at radius 1 is 1.12 bits per heavy atom. The first-order chi connectivity index (χ1) is 11.6. The van der Waals surface area contributed by atoms with Gasteiger partial charge in [0.05, 0.1) is 11.5 Å². The molecule has 2 rings (SSSR count). The minimum absolute atomic E-state index is 0. The Hall–Kier alpha value is -0.870. The van der Waals surface area contributed by atoms with E-state index in [-0.39, 0.29) is 41.0 Å². The van der Waals surface area contributed by atoms with Crippen LogP contribution in [-0.2, 0) is 19.3 Å². The molecule has 0 saturated carbocycles. The van der Waals surface area contributed by atoms with Gasteiger partial charge in [0, 0.05) is 12.1 Å². The Bertz CT molecular complexity index is 712. The van der Waals surface area contributed by atoms with Crippen LogP contribution in [0.4, 0.5) is 5.69 Å². The standard InChI is InChI=1S/C12H15NO11S.Na/c14-9-8(5-22-25(19,20)21)24-12(11(16)10(9)15)23-7-3-1-6(2-4-7)13(17)18;/h1-4,8-12,14-16H,5H2,(H,19,20,21);/q;+1/p-1/t8-,9-,10+,11+,12+;/m1./s1. The van der Waals surface area contributed by atoms with E-state index in [1.807, 2.05) is 0 Å². The van der Waals surface area contributed by atoms with Crippen LogP contribution in [-0.4, -0.2) is 70.5 Å². The Morgan fingerprint density at radius 2 is 1.69 bits per heavy atom. The van der Waals surface area contributed by atoms with Crippen LogP contribution in [0.1, 0.15) is 0 Å². The fraction of sp³-hybridized carbons (Fsp3) is 0.500. The first kappa shape index (κ1) is 23.2. The Morgan fingerprint density at radius 3 is 2.19 bits per heavy atom. The van der Waals surface area contributed by atoms with Gasteiger partial charge in [-0.15, -0.1) is 0 Å². The number of hydrogen-bond acceptors (Lipinski definition) is 11. The Labute approximate surface area is 169 Å². The fourth-order valence-corrected chi connectivity index (χ4v) is 2.38. The predicted molar refractivity (Wildman–Crippen MR) is 76.1 cm³/mol. The van der Waals surface area contributed by atoms with Crippen molar-refractivity contribution in [2.75, 3.05) is 6.61 Å². The number of hydrogen-bond donors (Lipinski definition) is 3. The topological polar surface area (TPSA) is 189 Å². The number of nitro benzene ring substituents is 1. The molecule has 0 spiro atoms. The average Bonchev–Trinajstić information content (AvgIpc) is 2.54. The molecule has 1 aliphatic heterocycles. The van der Waals surface area contributed by atoms with Crippen LogP contribution < -0.4 is 34.3 Å². The molecule has 0 bridgehead atoms. The number of nitro groups is 1. The summed E-state index contributed by atoms with van der Waals surface area (Å²) in [5.74, 6) is 0.0364. The van der Waals surface area contributed by atoms with E-state index in [1.165, 1.54) is 12.1 Å². The van der Waals surface area contributed by atoms with Crippen LogP contribution in [0.25, 0.3) is 0 Å². The number of ether oxygens (including phenoxy) is 2. The van der Waals surface area contributed by atoms with Crippen molar-refractivity contribution in [1.82, 2.24) is 0 Å². The summed E-state index contributed by atoms with van der Waals surface area (Å²) < 4.78 is 45.7. The van der Waals surface area contributed by atoms with E-state index in [1.54, 1.807) is 0 Å². The molecule has 1 saturated heterocycles. The molecule has 0 amide bonds. The van der Waals surface area contributed by atoms with Crippen molar-refractivity contribution in [1.29, 1.82) is 0 Å². The first-order valence-corrected chi connectivity index (χ1v) is 8.13. The normalized spacial score (nSPS) is 28.8. The molecule has 1 aliphatic rings. The van der Waals surface area contributed by atoms with Gasteiger partial charge in [-0.3, -0.25) is 14.3 Å². The third-order valence-electron chi connectivity index (χ3n) is 3.34. The van der Waals surface area contributed by atoms with Crippen molar-refractivity contribution in [3.63, 3.8) is 0 Å². The van der Waals surface area contributed by atoms with Crippen LogP contribution in [0.2, 0.25) is 0 Å². The minimum Gasteiger partial charge on any atom is -0.726 e. The van der Waals surface area contributed by atoms with Crippen LogP contribution in [0.3, 0.4) is 0 Å². The van der Waals surface area contributed by atoms with Crippen molar-refractivity contribution >= 4 is 16.1 Å². The summed E-state index contributed by atoms with van der Waals surface area (Å²) in [4.78, 5) is 9.95. The van der Waals surface area contributed by atoms with Crippen molar-refractivity contribution in [3.05, 3.63) is 34.4 Å². The molecule has 1 aromatic rings. The maximum absolute atomic E-state index is 10.6. The average molecular weight is 403 g/mol. The van der Waals surface area contributed by atoms with Gasteiger partial charge in [0.2, 0.25) is 16.7 Å². The molecule has 1 aromatic carbocycles. The van der Waals surface area contributed by atoms with E-state index >= 15 is 0 Å². The zero-order chi connectivity index (χ0) is 18.8. The second-order valence-corrected chi connectivity index (χ2v) is 6.13. The Balaban J connectivity index is 0.00000338. The SMILES string of the molecule is O=[N+]([O-])c1ccc(O[C@H]2O[C@H](COS(=O)(=O)[O-])[C@@H](O)[C@H](O)[C@@H]2O)cc1.[Na+].